The highest BCUT2D eigenvalue weighted by molar-refractivity contribution is 5.87. The third kappa shape index (κ3) is 5.51. The Morgan fingerprint density at radius 1 is 1.15 bits per heavy atom. The van der Waals surface area contributed by atoms with Gasteiger partial charge in [-0.25, -0.2) is 0 Å². The van der Waals surface area contributed by atoms with E-state index in [2.05, 4.69) is 27.7 Å². The fourth-order valence-corrected chi connectivity index (χ4v) is 2.81. The summed E-state index contributed by atoms with van der Waals surface area (Å²) in [5.74, 6) is 0.136. The van der Waals surface area contributed by atoms with Crippen LogP contribution in [-0.4, -0.2) is 41.6 Å². The van der Waals surface area contributed by atoms with Crippen LogP contribution in [0.4, 0.5) is 0 Å². The third-order valence-corrected chi connectivity index (χ3v) is 3.85. The number of hydrogen-bond acceptors (Lipinski definition) is 5. The van der Waals surface area contributed by atoms with Crippen LogP contribution in [0.2, 0.25) is 0 Å². The van der Waals surface area contributed by atoms with E-state index in [1.807, 2.05) is 0 Å². The van der Waals surface area contributed by atoms with Crippen LogP contribution in [0.1, 0.15) is 33.3 Å². The van der Waals surface area contributed by atoms with Gasteiger partial charge in [0, 0.05) is 30.1 Å². The van der Waals surface area contributed by atoms with Gasteiger partial charge in [-0.3, -0.25) is 9.59 Å². The molecular formula is C20H27NO5. The number of furan rings is 1. The summed E-state index contributed by atoms with van der Waals surface area (Å²) in [6.45, 7) is 9.23. The van der Waals surface area contributed by atoms with Gasteiger partial charge in [0.15, 0.2) is 6.61 Å². The molecule has 1 aromatic carbocycles. The van der Waals surface area contributed by atoms with Crippen LogP contribution in [0.15, 0.2) is 28.9 Å². The molecule has 0 saturated carbocycles. The topological polar surface area (TPSA) is 80.0 Å². The first kappa shape index (κ1) is 19.8. The summed E-state index contributed by atoms with van der Waals surface area (Å²) >= 11 is 0. The molecule has 0 spiro atoms. The number of fused-ring (bicyclic) bond motifs is 1. The standard InChI is InChI=1S/C20H27NO5/c1-13(2)9-21(10-14(3)4)19(23)12-26-20(24)7-15-11-25-18-8-16(22)5-6-17(15)18/h5-6,8,11,13-14,22H,7,9-10,12H2,1-4H3. The fraction of sp³-hybridized carbons (Fsp3) is 0.500. The van der Waals surface area contributed by atoms with Gasteiger partial charge >= 0.3 is 5.97 Å². The molecule has 0 unspecified atom stereocenters. The van der Waals surface area contributed by atoms with Crippen LogP contribution in [0.25, 0.3) is 11.0 Å². The van der Waals surface area contributed by atoms with Crippen molar-refractivity contribution in [3.63, 3.8) is 0 Å². The lowest BCUT2D eigenvalue weighted by Gasteiger charge is -2.26. The maximum atomic E-state index is 12.4. The van der Waals surface area contributed by atoms with Crippen molar-refractivity contribution in [3.8, 4) is 5.75 Å². The Hall–Kier alpha value is -2.50. The van der Waals surface area contributed by atoms with E-state index in [0.717, 1.165) is 5.39 Å². The van der Waals surface area contributed by atoms with Crippen molar-refractivity contribution >= 4 is 22.8 Å². The summed E-state index contributed by atoms with van der Waals surface area (Å²) in [6.07, 6.45) is 1.48. The normalized spacial score (nSPS) is 11.3. The SMILES string of the molecule is CC(C)CN(CC(C)C)C(=O)COC(=O)Cc1coc2cc(O)ccc12. The Labute approximate surface area is 153 Å². The smallest absolute Gasteiger partial charge is 0.310 e. The number of rotatable bonds is 8. The first-order valence-corrected chi connectivity index (χ1v) is 8.88. The molecule has 0 radical (unpaired) electrons. The quantitative estimate of drug-likeness (QED) is 0.729. The number of phenols is 1. The third-order valence-electron chi connectivity index (χ3n) is 3.85. The number of amides is 1. The van der Waals surface area contributed by atoms with E-state index >= 15 is 0 Å². The zero-order chi connectivity index (χ0) is 19.3. The van der Waals surface area contributed by atoms with Gasteiger partial charge in [0.1, 0.15) is 11.3 Å². The Morgan fingerprint density at radius 3 is 2.42 bits per heavy atom. The van der Waals surface area contributed by atoms with Gasteiger partial charge in [-0.15, -0.1) is 0 Å². The van der Waals surface area contributed by atoms with E-state index in [1.54, 1.807) is 11.0 Å². The van der Waals surface area contributed by atoms with Crippen molar-refractivity contribution in [2.75, 3.05) is 19.7 Å². The lowest BCUT2D eigenvalue weighted by Crippen LogP contribution is -2.39. The highest BCUT2D eigenvalue weighted by atomic mass is 16.5. The highest BCUT2D eigenvalue weighted by Gasteiger charge is 2.19. The van der Waals surface area contributed by atoms with Gasteiger partial charge in [-0.05, 0) is 24.0 Å². The molecule has 26 heavy (non-hydrogen) atoms. The first-order valence-electron chi connectivity index (χ1n) is 8.88. The van der Waals surface area contributed by atoms with Crippen LogP contribution in [0.5, 0.6) is 5.75 Å². The molecule has 0 atom stereocenters. The molecule has 1 heterocycles. The van der Waals surface area contributed by atoms with Crippen LogP contribution in [-0.2, 0) is 20.7 Å². The monoisotopic (exact) mass is 361 g/mol. The van der Waals surface area contributed by atoms with Gasteiger partial charge in [-0.2, -0.15) is 0 Å². The van der Waals surface area contributed by atoms with Crippen LogP contribution in [0, 0.1) is 11.8 Å². The van der Waals surface area contributed by atoms with Crippen molar-refractivity contribution in [2.24, 2.45) is 11.8 Å². The zero-order valence-corrected chi connectivity index (χ0v) is 15.8. The Morgan fingerprint density at radius 2 is 1.81 bits per heavy atom. The molecule has 0 aliphatic rings. The molecule has 0 aliphatic heterocycles. The molecule has 0 aliphatic carbocycles. The van der Waals surface area contributed by atoms with Gasteiger partial charge in [0.05, 0.1) is 12.7 Å². The predicted octanol–water partition coefficient (Wildman–Crippen LogP) is 3.36. The number of esters is 1. The number of aromatic hydroxyl groups is 1. The minimum atomic E-state index is -0.483. The molecule has 142 valence electrons. The molecule has 0 bridgehead atoms. The van der Waals surface area contributed by atoms with Crippen molar-refractivity contribution in [1.29, 1.82) is 0 Å². The Kier molecular flexibility index (Phi) is 6.66. The molecule has 1 N–H and O–H groups in total. The van der Waals surface area contributed by atoms with Crippen LogP contribution >= 0.6 is 0 Å². The lowest BCUT2D eigenvalue weighted by molar-refractivity contribution is -0.151. The maximum absolute atomic E-state index is 12.4. The maximum Gasteiger partial charge on any atom is 0.310 e. The number of ether oxygens (including phenoxy) is 1. The molecular weight excluding hydrogens is 334 g/mol. The van der Waals surface area contributed by atoms with Crippen LogP contribution < -0.4 is 0 Å². The number of nitrogens with zero attached hydrogens (tertiary/aromatic N) is 1. The second-order valence-corrected chi connectivity index (χ2v) is 7.37. The second kappa shape index (κ2) is 8.74. The van der Waals surface area contributed by atoms with E-state index in [9.17, 15) is 14.7 Å². The van der Waals surface area contributed by atoms with E-state index in [4.69, 9.17) is 9.15 Å². The number of phenolic OH excluding ortho intramolecular Hbond substituents is 1. The predicted molar refractivity (Wildman–Crippen MR) is 98.8 cm³/mol. The largest absolute Gasteiger partial charge is 0.508 e. The van der Waals surface area contributed by atoms with E-state index in [0.29, 0.717) is 36.1 Å². The highest BCUT2D eigenvalue weighted by Crippen LogP contribution is 2.25. The van der Waals surface area contributed by atoms with Crippen LogP contribution in [0.3, 0.4) is 0 Å². The van der Waals surface area contributed by atoms with Gasteiger partial charge < -0.3 is 19.2 Å². The number of carbonyl (C=O) groups is 2. The summed E-state index contributed by atoms with van der Waals surface area (Å²) < 4.78 is 10.5. The summed E-state index contributed by atoms with van der Waals surface area (Å²) in [5, 5.41) is 10.2. The summed E-state index contributed by atoms with van der Waals surface area (Å²) in [7, 11) is 0. The number of hydrogen-bond donors (Lipinski definition) is 1. The molecule has 0 fully saturated rings. The molecule has 6 heteroatoms. The summed E-state index contributed by atoms with van der Waals surface area (Å²) in [6, 6.07) is 4.71. The fourth-order valence-electron chi connectivity index (χ4n) is 2.81. The van der Waals surface area contributed by atoms with E-state index in [-0.39, 0.29) is 24.7 Å². The molecule has 1 amide bonds. The van der Waals surface area contributed by atoms with Crippen molar-refractivity contribution in [3.05, 3.63) is 30.0 Å². The first-order chi connectivity index (χ1) is 12.3. The average molecular weight is 361 g/mol. The average Bonchev–Trinajstić information content (AvgIpc) is 2.93. The molecule has 6 nitrogen and oxygen atoms in total. The lowest BCUT2D eigenvalue weighted by atomic mass is 10.1. The van der Waals surface area contributed by atoms with E-state index < -0.39 is 5.97 Å². The minimum absolute atomic E-state index is 0.0133. The summed E-state index contributed by atoms with van der Waals surface area (Å²) in [4.78, 5) is 26.2. The Bertz CT molecular complexity index is 753. The molecule has 2 aromatic rings. The molecule has 0 saturated heterocycles. The summed E-state index contributed by atoms with van der Waals surface area (Å²) in [5.41, 5.74) is 1.17. The van der Waals surface area contributed by atoms with Gasteiger partial charge in [0.25, 0.3) is 5.91 Å². The zero-order valence-electron chi connectivity index (χ0n) is 15.8. The second-order valence-electron chi connectivity index (χ2n) is 7.37. The minimum Gasteiger partial charge on any atom is -0.508 e. The van der Waals surface area contributed by atoms with E-state index in [1.165, 1.54) is 18.4 Å². The van der Waals surface area contributed by atoms with Gasteiger partial charge in [0.2, 0.25) is 0 Å². The Balaban J connectivity index is 1.93. The number of carbonyl (C=O) groups excluding carboxylic acids is 2. The van der Waals surface area contributed by atoms with Crippen molar-refractivity contribution in [1.82, 2.24) is 4.90 Å². The molecule has 1 aromatic heterocycles. The van der Waals surface area contributed by atoms with Crippen molar-refractivity contribution in [2.45, 2.75) is 34.1 Å². The van der Waals surface area contributed by atoms with Crippen molar-refractivity contribution < 1.29 is 23.8 Å². The molecule has 2 rings (SSSR count). The number of benzene rings is 1. The van der Waals surface area contributed by atoms with Gasteiger partial charge in [-0.1, -0.05) is 27.7 Å².